The summed E-state index contributed by atoms with van der Waals surface area (Å²) >= 11 is 0. The van der Waals surface area contributed by atoms with E-state index in [4.69, 9.17) is 14.2 Å². The van der Waals surface area contributed by atoms with Crippen molar-refractivity contribution in [1.82, 2.24) is 5.32 Å². The van der Waals surface area contributed by atoms with Gasteiger partial charge < -0.3 is 45.1 Å². The van der Waals surface area contributed by atoms with E-state index in [2.05, 4.69) is 38.2 Å². The summed E-state index contributed by atoms with van der Waals surface area (Å²) in [6.45, 7) is 5.77. The fourth-order valence-electron chi connectivity index (χ4n) is 9.00. The highest BCUT2D eigenvalue weighted by Gasteiger charge is 2.47. The van der Waals surface area contributed by atoms with Crippen molar-refractivity contribution in [3.63, 3.8) is 0 Å². The number of rotatable bonds is 48. The maximum absolute atomic E-state index is 13.4. The monoisotopic (exact) mass is 966 g/mol. The van der Waals surface area contributed by atoms with Crippen LogP contribution in [-0.4, -0.2) is 99.6 Å². The first kappa shape index (κ1) is 64.2. The molecule has 1 rings (SSSR count). The normalized spacial score (nSPS) is 20.0. The minimum atomic E-state index is -1.61. The van der Waals surface area contributed by atoms with Crippen molar-refractivity contribution in [2.24, 2.45) is 0 Å². The second kappa shape index (κ2) is 46.2. The SMILES string of the molecule is CCCCCCCC/C=C/CCCCCCCCC(O)C(=O)NC(COC1OC(CO)C(O)C(O)C1OC(=O)CCCCCCCCCCCCC)C(O)/C=C/CCCCCCCCCCCC. The van der Waals surface area contributed by atoms with Gasteiger partial charge in [0.15, 0.2) is 12.4 Å². The Morgan fingerprint density at radius 2 is 0.971 bits per heavy atom. The molecule has 6 N–H and O–H groups in total. The zero-order valence-corrected chi connectivity index (χ0v) is 44.0. The molecule has 0 aromatic carbocycles. The lowest BCUT2D eigenvalue weighted by molar-refractivity contribution is -0.305. The molecule has 0 spiro atoms. The van der Waals surface area contributed by atoms with Crippen LogP contribution < -0.4 is 5.32 Å². The second-order valence-corrected chi connectivity index (χ2v) is 20.0. The van der Waals surface area contributed by atoms with Crippen molar-refractivity contribution in [2.75, 3.05) is 13.2 Å². The van der Waals surface area contributed by atoms with Gasteiger partial charge in [-0.1, -0.05) is 231 Å². The summed E-state index contributed by atoms with van der Waals surface area (Å²) in [5.74, 6) is -1.19. The molecule has 0 saturated carbocycles. The van der Waals surface area contributed by atoms with E-state index < -0.39 is 67.4 Å². The van der Waals surface area contributed by atoms with Gasteiger partial charge in [0.1, 0.15) is 24.4 Å². The molecule has 400 valence electrons. The third-order valence-corrected chi connectivity index (χ3v) is 13.6. The second-order valence-electron chi connectivity index (χ2n) is 20.0. The summed E-state index contributed by atoms with van der Waals surface area (Å²) in [6, 6.07) is -1.02. The van der Waals surface area contributed by atoms with Crippen LogP contribution in [-0.2, 0) is 23.8 Å². The van der Waals surface area contributed by atoms with E-state index in [1.165, 1.54) is 148 Å². The molecule has 8 unspecified atom stereocenters. The third-order valence-electron chi connectivity index (χ3n) is 13.6. The summed E-state index contributed by atoms with van der Waals surface area (Å²) in [4.78, 5) is 26.4. The van der Waals surface area contributed by atoms with Gasteiger partial charge in [-0.25, -0.2) is 0 Å². The Hall–Kier alpha value is -1.86. The molecule has 0 aliphatic carbocycles. The van der Waals surface area contributed by atoms with Gasteiger partial charge in [-0.2, -0.15) is 0 Å². The zero-order valence-electron chi connectivity index (χ0n) is 44.0. The van der Waals surface area contributed by atoms with Gasteiger partial charge in [0.05, 0.1) is 25.4 Å². The number of esters is 1. The molecule has 1 heterocycles. The molecule has 1 amide bonds. The fraction of sp³-hybridized carbons (Fsp3) is 0.895. The highest BCUT2D eigenvalue weighted by molar-refractivity contribution is 5.80. The van der Waals surface area contributed by atoms with Crippen molar-refractivity contribution >= 4 is 11.9 Å². The molecule has 1 saturated heterocycles. The molecule has 11 nitrogen and oxygen atoms in total. The number of aliphatic hydroxyl groups is 5. The lowest BCUT2D eigenvalue weighted by Gasteiger charge is -2.41. The quantitative estimate of drug-likeness (QED) is 0.0196. The molecular formula is C57H107NO10. The molecule has 8 atom stereocenters. The number of aliphatic hydroxyl groups excluding tert-OH is 5. The van der Waals surface area contributed by atoms with Crippen molar-refractivity contribution in [3.05, 3.63) is 24.3 Å². The molecule has 0 radical (unpaired) electrons. The van der Waals surface area contributed by atoms with Crippen molar-refractivity contribution in [1.29, 1.82) is 0 Å². The lowest BCUT2D eigenvalue weighted by Crippen LogP contribution is -2.61. The van der Waals surface area contributed by atoms with E-state index in [1.807, 2.05) is 6.08 Å². The molecule has 1 aliphatic rings. The predicted molar refractivity (Wildman–Crippen MR) is 278 cm³/mol. The number of nitrogens with one attached hydrogen (secondary N) is 1. The third kappa shape index (κ3) is 34.5. The minimum absolute atomic E-state index is 0.128. The average Bonchev–Trinajstić information content (AvgIpc) is 3.33. The summed E-state index contributed by atoms with van der Waals surface area (Å²) < 4.78 is 17.5. The van der Waals surface area contributed by atoms with Crippen LogP contribution >= 0.6 is 0 Å². The summed E-state index contributed by atoms with van der Waals surface area (Å²) in [5.41, 5.74) is 0. The minimum Gasteiger partial charge on any atom is -0.454 e. The standard InChI is InChI=1S/C57H107NO10/c1-4-7-10-13-16-19-22-24-25-26-27-30-32-35-38-41-44-50(61)56(65)58-48(49(60)43-40-37-34-31-29-23-20-17-14-11-8-5-2)47-66-57-55(54(64)53(63)51(46-59)67-57)68-52(62)45-42-39-36-33-28-21-18-15-12-9-6-3/h24-25,40,43,48-51,53-55,57,59-61,63-64H,4-23,26-39,41-42,44-47H2,1-3H3,(H,58,65)/b25-24+,43-40+. The molecule has 1 aliphatic heterocycles. The van der Waals surface area contributed by atoms with E-state index in [0.29, 0.717) is 12.8 Å². The maximum atomic E-state index is 13.4. The Balaban J connectivity index is 2.73. The van der Waals surface area contributed by atoms with E-state index in [9.17, 15) is 35.1 Å². The molecule has 68 heavy (non-hydrogen) atoms. The zero-order chi connectivity index (χ0) is 49.7. The molecule has 11 heteroatoms. The summed E-state index contributed by atoms with van der Waals surface area (Å²) in [5, 5.41) is 56.7. The van der Waals surface area contributed by atoms with Crippen molar-refractivity contribution in [3.8, 4) is 0 Å². The number of hydrogen-bond donors (Lipinski definition) is 6. The number of unbranched alkanes of at least 4 members (excludes halogenated alkanes) is 32. The first-order valence-corrected chi connectivity index (χ1v) is 28.6. The van der Waals surface area contributed by atoms with Crippen LogP contribution in [0, 0.1) is 0 Å². The van der Waals surface area contributed by atoms with E-state index in [1.54, 1.807) is 6.08 Å². The molecule has 0 aromatic heterocycles. The van der Waals surface area contributed by atoms with E-state index >= 15 is 0 Å². The van der Waals surface area contributed by atoms with Crippen LogP contribution in [0.2, 0.25) is 0 Å². The van der Waals surface area contributed by atoms with Crippen LogP contribution in [0.1, 0.15) is 265 Å². The van der Waals surface area contributed by atoms with Crippen LogP contribution in [0.5, 0.6) is 0 Å². The Kier molecular flexibility index (Phi) is 43.6. The van der Waals surface area contributed by atoms with Gasteiger partial charge in [-0.05, 0) is 51.4 Å². The van der Waals surface area contributed by atoms with Gasteiger partial charge in [0.2, 0.25) is 5.91 Å². The van der Waals surface area contributed by atoms with Crippen molar-refractivity contribution < 1.29 is 49.3 Å². The molecule has 0 bridgehead atoms. The van der Waals surface area contributed by atoms with Gasteiger partial charge in [-0.3, -0.25) is 9.59 Å². The number of carbonyl (C=O) groups excluding carboxylic acids is 2. The summed E-state index contributed by atoms with van der Waals surface area (Å²) in [7, 11) is 0. The number of allylic oxidation sites excluding steroid dienone is 3. The Labute approximate surface area is 416 Å². The topological polar surface area (TPSA) is 175 Å². The Bertz CT molecular complexity index is 1200. The smallest absolute Gasteiger partial charge is 0.306 e. The predicted octanol–water partition coefficient (Wildman–Crippen LogP) is 12.6. The highest BCUT2D eigenvalue weighted by Crippen LogP contribution is 2.26. The summed E-state index contributed by atoms with van der Waals surface area (Å²) in [6.07, 6.45) is 40.8. The maximum Gasteiger partial charge on any atom is 0.306 e. The largest absolute Gasteiger partial charge is 0.454 e. The van der Waals surface area contributed by atoms with Gasteiger partial charge in [0, 0.05) is 6.42 Å². The van der Waals surface area contributed by atoms with Crippen LogP contribution in [0.25, 0.3) is 0 Å². The number of ether oxygens (including phenoxy) is 3. The van der Waals surface area contributed by atoms with E-state index in [0.717, 1.165) is 70.6 Å². The van der Waals surface area contributed by atoms with E-state index in [-0.39, 0.29) is 19.4 Å². The van der Waals surface area contributed by atoms with Crippen molar-refractivity contribution in [2.45, 2.75) is 314 Å². The molecule has 1 fully saturated rings. The Morgan fingerprint density at radius 1 is 0.559 bits per heavy atom. The van der Waals surface area contributed by atoms with Gasteiger partial charge in [0.25, 0.3) is 0 Å². The molecular weight excluding hydrogens is 859 g/mol. The molecule has 0 aromatic rings. The first-order valence-electron chi connectivity index (χ1n) is 28.6. The van der Waals surface area contributed by atoms with Crippen LogP contribution in [0.15, 0.2) is 24.3 Å². The number of hydrogen-bond acceptors (Lipinski definition) is 10. The first-order chi connectivity index (χ1) is 33.2. The van der Waals surface area contributed by atoms with Crippen LogP contribution in [0.4, 0.5) is 0 Å². The van der Waals surface area contributed by atoms with Gasteiger partial charge >= 0.3 is 5.97 Å². The van der Waals surface area contributed by atoms with Gasteiger partial charge in [-0.15, -0.1) is 0 Å². The Morgan fingerprint density at radius 3 is 1.43 bits per heavy atom. The lowest BCUT2D eigenvalue weighted by atomic mass is 9.99. The number of amides is 1. The average molecular weight is 966 g/mol. The fourth-order valence-corrected chi connectivity index (χ4v) is 9.00. The highest BCUT2D eigenvalue weighted by atomic mass is 16.7. The van der Waals surface area contributed by atoms with Crippen LogP contribution in [0.3, 0.4) is 0 Å². The number of carbonyl (C=O) groups is 2.